The van der Waals surface area contributed by atoms with Crippen LogP contribution < -0.4 is 10.1 Å². The van der Waals surface area contributed by atoms with Crippen molar-refractivity contribution in [1.29, 1.82) is 0 Å². The zero-order valence-electron chi connectivity index (χ0n) is 15.1. The second kappa shape index (κ2) is 6.96. The van der Waals surface area contributed by atoms with Crippen LogP contribution in [0.25, 0.3) is 16.9 Å². The van der Waals surface area contributed by atoms with Gasteiger partial charge in [0.2, 0.25) is 0 Å². The highest BCUT2D eigenvalue weighted by molar-refractivity contribution is 6.06. The molecule has 2 heterocycles. The summed E-state index contributed by atoms with van der Waals surface area (Å²) < 4.78 is 7.26. The molecule has 1 amide bonds. The van der Waals surface area contributed by atoms with Crippen molar-refractivity contribution in [3.05, 3.63) is 84.2 Å². The summed E-state index contributed by atoms with van der Waals surface area (Å²) in [6, 6.07) is 18.9. The van der Waals surface area contributed by atoms with Crippen LogP contribution in [0.15, 0.2) is 73.1 Å². The molecule has 0 aliphatic carbocycles. The molecule has 0 fully saturated rings. The lowest BCUT2D eigenvalue weighted by Gasteiger charge is -2.09. The Morgan fingerprint density at radius 3 is 2.78 bits per heavy atom. The number of methoxy groups -OCH3 is 1. The number of benzene rings is 2. The van der Waals surface area contributed by atoms with E-state index < -0.39 is 0 Å². The summed E-state index contributed by atoms with van der Waals surface area (Å²) in [5, 5.41) is 2.93. The molecule has 2 aromatic heterocycles. The minimum Gasteiger partial charge on any atom is -0.496 e. The van der Waals surface area contributed by atoms with Gasteiger partial charge in [0, 0.05) is 23.6 Å². The van der Waals surface area contributed by atoms with Crippen LogP contribution in [-0.2, 0) is 0 Å². The summed E-state index contributed by atoms with van der Waals surface area (Å²) in [4.78, 5) is 17.3. The third kappa shape index (κ3) is 3.40. The fourth-order valence-corrected chi connectivity index (χ4v) is 3.01. The van der Waals surface area contributed by atoms with Gasteiger partial charge in [-0.2, -0.15) is 0 Å². The molecule has 0 aliphatic rings. The molecule has 0 aliphatic heterocycles. The van der Waals surface area contributed by atoms with E-state index in [4.69, 9.17) is 4.74 Å². The molecule has 0 saturated carbocycles. The molecule has 4 aromatic rings. The van der Waals surface area contributed by atoms with Crippen LogP contribution in [0.3, 0.4) is 0 Å². The van der Waals surface area contributed by atoms with Crippen molar-refractivity contribution in [2.45, 2.75) is 6.92 Å². The predicted molar refractivity (Wildman–Crippen MR) is 106 cm³/mol. The normalized spacial score (nSPS) is 10.7. The number of nitrogens with zero attached hydrogens (tertiary/aromatic N) is 2. The first-order valence-electron chi connectivity index (χ1n) is 8.64. The van der Waals surface area contributed by atoms with Crippen LogP contribution >= 0.6 is 0 Å². The van der Waals surface area contributed by atoms with Gasteiger partial charge in [-0.25, -0.2) is 4.98 Å². The predicted octanol–water partition coefficient (Wildman–Crippen LogP) is 4.57. The smallest absolute Gasteiger partial charge is 0.259 e. The SMILES string of the molecule is COc1ccccc1C(=O)Nc1cccc(-c2cn3ccc(C)cc3n2)c1. The number of hydrogen-bond donors (Lipinski definition) is 1. The van der Waals surface area contributed by atoms with E-state index in [1.165, 1.54) is 0 Å². The molecule has 0 bridgehead atoms. The van der Waals surface area contributed by atoms with Gasteiger partial charge in [0.15, 0.2) is 0 Å². The van der Waals surface area contributed by atoms with E-state index in [-0.39, 0.29) is 5.91 Å². The molecule has 4 rings (SSSR count). The second-order valence-corrected chi connectivity index (χ2v) is 6.33. The van der Waals surface area contributed by atoms with Crippen molar-refractivity contribution in [1.82, 2.24) is 9.38 Å². The number of aromatic nitrogens is 2. The average Bonchev–Trinajstić information content (AvgIpc) is 3.11. The van der Waals surface area contributed by atoms with Gasteiger partial charge in [-0.05, 0) is 48.9 Å². The minimum absolute atomic E-state index is 0.213. The van der Waals surface area contributed by atoms with Gasteiger partial charge >= 0.3 is 0 Å². The van der Waals surface area contributed by atoms with Crippen molar-refractivity contribution in [3.8, 4) is 17.0 Å². The zero-order valence-corrected chi connectivity index (χ0v) is 15.1. The maximum absolute atomic E-state index is 12.6. The summed E-state index contributed by atoms with van der Waals surface area (Å²) in [5.41, 5.74) is 5.05. The van der Waals surface area contributed by atoms with E-state index in [1.54, 1.807) is 19.2 Å². The molecule has 27 heavy (non-hydrogen) atoms. The van der Waals surface area contributed by atoms with Gasteiger partial charge in [0.05, 0.1) is 18.4 Å². The Bertz CT molecular complexity index is 1130. The summed E-state index contributed by atoms with van der Waals surface area (Å²) >= 11 is 0. The number of ether oxygens (including phenoxy) is 1. The van der Waals surface area contributed by atoms with Crippen LogP contribution in [0, 0.1) is 6.92 Å². The van der Waals surface area contributed by atoms with Crippen molar-refractivity contribution in [2.24, 2.45) is 0 Å². The number of anilines is 1. The first-order chi connectivity index (χ1) is 13.1. The Labute approximate surface area is 157 Å². The Morgan fingerprint density at radius 2 is 1.93 bits per heavy atom. The zero-order chi connectivity index (χ0) is 18.8. The van der Waals surface area contributed by atoms with Gasteiger partial charge < -0.3 is 14.5 Å². The topological polar surface area (TPSA) is 55.6 Å². The molecule has 1 N–H and O–H groups in total. The fraction of sp³-hybridized carbons (Fsp3) is 0.0909. The van der Waals surface area contributed by atoms with Gasteiger partial charge in [-0.1, -0.05) is 24.3 Å². The number of carbonyl (C=O) groups excluding carboxylic acids is 1. The Kier molecular flexibility index (Phi) is 4.34. The van der Waals surface area contributed by atoms with Crippen molar-refractivity contribution in [3.63, 3.8) is 0 Å². The summed E-state index contributed by atoms with van der Waals surface area (Å²) in [5.74, 6) is 0.331. The lowest BCUT2D eigenvalue weighted by atomic mass is 10.1. The van der Waals surface area contributed by atoms with Crippen LogP contribution in [-0.4, -0.2) is 22.4 Å². The maximum atomic E-state index is 12.6. The molecule has 134 valence electrons. The molecule has 5 nitrogen and oxygen atoms in total. The Morgan fingerprint density at radius 1 is 1.07 bits per heavy atom. The van der Waals surface area contributed by atoms with Crippen LogP contribution in [0.5, 0.6) is 5.75 Å². The number of amides is 1. The highest BCUT2D eigenvalue weighted by Crippen LogP contribution is 2.24. The third-order valence-corrected chi connectivity index (χ3v) is 4.38. The number of para-hydroxylation sites is 1. The van der Waals surface area contributed by atoms with E-state index >= 15 is 0 Å². The van der Waals surface area contributed by atoms with Gasteiger partial charge in [-0.3, -0.25) is 4.79 Å². The monoisotopic (exact) mass is 357 g/mol. The number of imidazole rings is 1. The van der Waals surface area contributed by atoms with E-state index in [0.717, 1.165) is 22.5 Å². The lowest BCUT2D eigenvalue weighted by molar-refractivity contribution is 0.102. The summed E-state index contributed by atoms with van der Waals surface area (Å²) in [7, 11) is 1.55. The Hall–Kier alpha value is -3.60. The first-order valence-corrected chi connectivity index (χ1v) is 8.64. The van der Waals surface area contributed by atoms with Crippen LogP contribution in [0.2, 0.25) is 0 Å². The van der Waals surface area contributed by atoms with E-state index in [9.17, 15) is 4.79 Å². The van der Waals surface area contributed by atoms with Crippen LogP contribution in [0.4, 0.5) is 5.69 Å². The number of carbonyl (C=O) groups is 1. The molecule has 5 heteroatoms. The highest BCUT2D eigenvalue weighted by Gasteiger charge is 2.12. The molecule has 2 aromatic carbocycles. The first kappa shape index (κ1) is 16.8. The minimum atomic E-state index is -0.213. The Balaban J connectivity index is 1.63. The number of nitrogens with one attached hydrogen (secondary N) is 1. The van der Waals surface area contributed by atoms with E-state index in [1.807, 2.05) is 72.2 Å². The summed E-state index contributed by atoms with van der Waals surface area (Å²) in [6.07, 6.45) is 3.98. The maximum Gasteiger partial charge on any atom is 0.259 e. The molecule has 0 radical (unpaired) electrons. The standard InChI is InChI=1S/C22H19N3O2/c1-15-10-11-25-14-19(24-21(25)12-15)16-6-5-7-17(13-16)23-22(26)18-8-3-4-9-20(18)27-2/h3-14H,1-2H3,(H,23,26). The van der Waals surface area contributed by atoms with Gasteiger partial charge in [0.25, 0.3) is 5.91 Å². The molecule has 0 saturated heterocycles. The van der Waals surface area contributed by atoms with Crippen molar-refractivity contribution < 1.29 is 9.53 Å². The number of aryl methyl sites for hydroxylation is 1. The fourth-order valence-electron chi connectivity index (χ4n) is 3.01. The highest BCUT2D eigenvalue weighted by atomic mass is 16.5. The van der Waals surface area contributed by atoms with Crippen LogP contribution in [0.1, 0.15) is 15.9 Å². The average molecular weight is 357 g/mol. The number of pyridine rings is 1. The van der Waals surface area contributed by atoms with Gasteiger partial charge in [-0.15, -0.1) is 0 Å². The van der Waals surface area contributed by atoms with E-state index in [0.29, 0.717) is 17.0 Å². The lowest BCUT2D eigenvalue weighted by Crippen LogP contribution is -2.13. The largest absolute Gasteiger partial charge is 0.496 e. The number of rotatable bonds is 4. The van der Waals surface area contributed by atoms with E-state index in [2.05, 4.69) is 10.3 Å². The molecule has 0 unspecified atom stereocenters. The number of fused-ring (bicyclic) bond motifs is 1. The van der Waals surface area contributed by atoms with Crippen molar-refractivity contribution >= 4 is 17.2 Å². The quantitative estimate of drug-likeness (QED) is 0.582. The second-order valence-electron chi connectivity index (χ2n) is 6.33. The molecule has 0 atom stereocenters. The van der Waals surface area contributed by atoms with Crippen molar-refractivity contribution in [2.75, 3.05) is 12.4 Å². The molecular formula is C22H19N3O2. The number of hydrogen-bond acceptors (Lipinski definition) is 3. The third-order valence-electron chi connectivity index (χ3n) is 4.38. The molecular weight excluding hydrogens is 338 g/mol. The van der Waals surface area contributed by atoms with Gasteiger partial charge in [0.1, 0.15) is 11.4 Å². The summed E-state index contributed by atoms with van der Waals surface area (Å²) in [6.45, 7) is 2.04. The molecule has 0 spiro atoms.